The molecule has 1 spiro atoms. The number of carbonyl (C=O) groups excluding carboxylic acids is 2. The highest BCUT2D eigenvalue weighted by molar-refractivity contribution is 5.89. The first-order valence-corrected chi connectivity index (χ1v) is 11.4. The Morgan fingerprint density at radius 3 is 2.58 bits per heavy atom. The van der Waals surface area contributed by atoms with Crippen LogP contribution in [0.25, 0.3) is 0 Å². The molecule has 4 rings (SSSR count). The number of nitrogens with zero attached hydrogens (tertiary/aromatic N) is 2. The number of hydrogen-bond acceptors (Lipinski definition) is 4. The van der Waals surface area contributed by atoms with Gasteiger partial charge in [-0.2, -0.15) is 0 Å². The highest BCUT2D eigenvalue weighted by Crippen LogP contribution is 2.45. The molecule has 2 saturated heterocycles. The largest absolute Gasteiger partial charge is 0.458 e. The number of ether oxygens (including phenoxy) is 1. The molecule has 31 heavy (non-hydrogen) atoms. The zero-order chi connectivity index (χ0) is 22.4. The van der Waals surface area contributed by atoms with Gasteiger partial charge in [-0.05, 0) is 36.6 Å². The lowest BCUT2D eigenvalue weighted by molar-refractivity contribution is -0.158. The van der Waals surface area contributed by atoms with E-state index in [0.29, 0.717) is 32.4 Å². The van der Waals surface area contributed by atoms with Gasteiger partial charge in [0.2, 0.25) is 5.91 Å². The maximum atomic E-state index is 13.8. The molecule has 0 N–H and O–H groups in total. The van der Waals surface area contributed by atoms with Crippen molar-refractivity contribution < 1.29 is 23.1 Å². The fourth-order valence-corrected chi connectivity index (χ4v) is 5.49. The van der Waals surface area contributed by atoms with Crippen molar-refractivity contribution in [1.82, 2.24) is 9.80 Å². The van der Waals surface area contributed by atoms with Crippen LogP contribution in [0.1, 0.15) is 56.7 Å². The van der Waals surface area contributed by atoms with Crippen molar-refractivity contribution >= 4 is 11.9 Å². The third kappa shape index (κ3) is 4.09. The predicted octanol–water partition coefficient (Wildman–Crippen LogP) is 3.74. The van der Waals surface area contributed by atoms with E-state index >= 15 is 0 Å². The van der Waals surface area contributed by atoms with Crippen LogP contribution in [0.2, 0.25) is 0 Å². The predicted molar refractivity (Wildman–Crippen MR) is 113 cm³/mol. The van der Waals surface area contributed by atoms with Crippen LogP contribution in [0.5, 0.6) is 0 Å². The molecule has 2 unspecified atom stereocenters. The highest BCUT2D eigenvalue weighted by Gasteiger charge is 2.58. The van der Waals surface area contributed by atoms with Gasteiger partial charge < -0.3 is 14.5 Å². The topological polar surface area (TPSA) is 49.9 Å². The number of halogens is 2. The fraction of sp³-hybridized carbons (Fsp3) is 0.667. The minimum atomic E-state index is -2.92. The minimum absolute atomic E-state index is 0.0342. The minimum Gasteiger partial charge on any atom is -0.458 e. The average Bonchev–Trinajstić information content (AvgIpc) is 2.97. The Morgan fingerprint density at radius 1 is 1.23 bits per heavy atom. The van der Waals surface area contributed by atoms with Gasteiger partial charge in [-0.25, -0.2) is 8.78 Å². The molecule has 2 fully saturated rings. The van der Waals surface area contributed by atoms with Crippen molar-refractivity contribution in [2.24, 2.45) is 11.8 Å². The molecular formula is C24H32F2N2O3. The monoisotopic (exact) mass is 434 g/mol. The van der Waals surface area contributed by atoms with E-state index in [2.05, 4.69) is 11.8 Å². The van der Waals surface area contributed by atoms with Crippen molar-refractivity contribution in [3.8, 4) is 0 Å². The molecular weight excluding hydrogens is 402 g/mol. The molecule has 170 valence electrons. The number of fused-ring (bicyclic) bond motifs is 1. The quantitative estimate of drug-likeness (QED) is 0.678. The Bertz CT molecular complexity index is 859. The molecule has 0 radical (unpaired) electrons. The molecule has 0 saturated carbocycles. The molecule has 3 heterocycles. The van der Waals surface area contributed by atoms with Gasteiger partial charge >= 0.3 is 5.97 Å². The van der Waals surface area contributed by atoms with Crippen LogP contribution in [0.15, 0.2) is 18.2 Å². The zero-order valence-corrected chi connectivity index (χ0v) is 18.6. The molecule has 0 aromatic heterocycles. The van der Waals surface area contributed by atoms with E-state index < -0.39 is 23.4 Å². The lowest BCUT2D eigenvalue weighted by Crippen LogP contribution is -2.54. The summed E-state index contributed by atoms with van der Waals surface area (Å²) in [6.07, 6.45) is 3.02. The Balaban J connectivity index is 1.55. The van der Waals surface area contributed by atoms with E-state index in [9.17, 15) is 18.4 Å². The third-order valence-electron chi connectivity index (χ3n) is 7.29. The third-order valence-corrected chi connectivity index (χ3v) is 7.29. The van der Waals surface area contributed by atoms with Crippen molar-refractivity contribution in [2.45, 2.75) is 64.5 Å². The van der Waals surface area contributed by atoms with Gasteiger partial charge in [0, 0.05) is 51.5 Å². The molecule has 3 aliphatic heterocycles. The normalized spacial score (nSPS) is 26.1. The van der Waals surface area contributed by atoms with Gasteiger partial charge in [-0.1, -0.05) is 26.0 Å². The zero-order valence-electron chi connectivity index (χ0n) is 18.6. The summed E-state index contributed by atoms with van der Waals surface area (Å²) >= 11 is 0. The molecule has 1 amide bonds. The second kappa shape index (κ2) is 8.15. The molecule has 0 aliphatic carbocycles. The Hall–Kier alpha value is -2.02. The van der Waals surface area contributed by atoms with Gasteiger partial charge in [-0.15, -0.1) is 0 Å². The van der Waals surface area contributed by atoms with E-state index in [4.69, 9.17) is 4.74 Å². The SMILES string of the molecule is CCCN1CCC2(CC1)OC(=O)C(C)C2C(=O)N1CCc2ccc(C(C)(F)F)cc2C1. The molecule has 1 aromatic carbocycles. The number of alkyl halides is 2. The van der Waals surface area contributed by atoms with E-state index in [-0.39, 0.29) is 17.4 Å². The molecule has 0 bridgehead atoms. The van der Waals surface area contributed by atoms with Crippen LogP contribution in [-0.2, 0) is 33.2 Å². The summed E-state index contributed by atoms with van der Waals surface area (Å²) in [7, 11) is 0. The van der Waals surface area contributed by atoms with Crippen LogP contribution in [0.3, 0.4) is 0 Å². The summed E-state index contributed by atoms with van der Waals surface area (Å²) in [5.41, 5.74) is 0.999. The Labute approximate surface area is 182 Å². The summed E-state index contributed by atoms with van der Waals surface area (Å²) in [5.74, 6) is -4.30. The lowest BCUT2D eigenvalue weighted by Gasteiger charge is -2.43. The van der Waals surface area contributed by atoms with Crippen LogP contribution in [0, 0.1) is 11.8 Å². The first-order chi connectivity index (χ1) is 14.6. The van der Waals surface area contributed by atoms with E-state index in [0.717, 1.165) is 44.1 Å². The van der Waals surface area contributed by atoms with E-state index in [1.54, 1.807) is 17.9 Å². The lowest BCUT2D eigenvalue weighted by atomic mass is 9.74. The number of esters is 1. The number of hydrogen-bond donors (Lipinski definition) is 0. The number of piperidine rings is 1. The average molecular weight is 435 g/mol. The molecule has 3 aliphatic rings. The summed E-state index contributed by atoms with van der Waals surface area (Å²) in [4.78, 5) is 30.3. The highest BCUT2D eigenvalue weighted by atomic mass is 19.3. The first kappa shape index (κ1) is 22.2. The molecule has 1 aromatic rings. The van der Waals surface area contributed by atoms with Crippen molar-refractivity contribution in [3.63, 3.8) is 0 Å². The second-order valence-corrected chi connectivity index (χ2v) is 9.48. The van der Waals surface area contributed by atoms with Crippen LogP contribution < -0.4 is 0 Å². The Kier molecular flexibility index (Phi) is 5.83. The van der Waals surface area contributed by atoms with Crippen molar-refractivity contribution in [3.05, 3.63) is 34.9 Å². The second-order valence-electron chi connectivity index (χ2n) is 9.48. The molecule has 7 heteroatoms. The summed E-state index contributed by atoms with van der Waals surface area (Å²) in [6.45, 7) is 8.28. The number of amides is 1. The fourth-order valence-electron chi connectivity index (χ4n) is 5.49. The summed E-state index contributed by atoms with van der Waals surface area (Å²) < 4.78 is 33.5. The van der Waals surface area contributed by atoms with Gasteiger partial charge in [0.1, 0.15) is 5.60 Å². The number of carbonyl (C=O) groups is 2. The number of benzene rings is 1. The van der Waals surface area contributed by atoms with Gasteiger partial charge in [0.15, 0.2) is 0 Å². The maximum Gasteiger partial charge on any atom is 0.310 e. The molecule has 2 atom stereocenters. The van der Waals surface area contributed by atoms with Crippen LogP contribution >= 0.6 is 0 Å². The number of rotatable bonds is 4. The van der Waals surface area contributed by atoms with Crippen molar-refractivity contribution in [2.75, 3.05) is 26.2 Å². The number of likely N-dealkylation sites (tertiary alicyclic amines) is 1. The van der Waals surface area contributed by atoms with E-state index in [1.807, 2.05) is 0 Å². The van der Waals surface area contributed by atoms with E-state index in [1.165, 1.54) is 12.1 Å². The standard InChI is InChI=1S/C24H32F2N2O3/c1-4-10-27-12-8-24(9-13-27)20(16(2)22(30)31-24)21(29)28-11-7-17-5-6-19(23(3,25)26)14-18(17)15-28/h5-6,14,16,20H,4,7-13,15H2,1-3H3. The van der Waals surface area contributed by atoms with Crippen LogP contribution in [0.4, 0.5) is 8.78 Å². The molecule has 5 nitrogen and oxygen atoms in total. The van der Waals surface area contributed by atoms with Crippen molar-refractivity contribution in [1.29, 1.82) is 0 Å². The smallest absolute Gasteiger partial charge is 0.310 e. The summed E-state index contributed by atoms with van der Waals surface area (Å²) in [5, 5.41) is 0. The van der Waals surface area contributed by atoms with Gasteiger partial charge in [0.25, 0.3) is 5.92 Å². The van der Waals surface area contributed by atoms with Gasteiger partial charge in [-0.3, -0.25) is 9.59 Å². The maximum absolute atomic E-state index is 13.8. The van der Waals surface area contributed by atoms with Gasteiger partial charge in [0.05, 0.1) is 11.8 Å². The first-order valence-electron chi connectivity index (χ1n) is 11.4. The Morgan fingerprint density at radius 2 is 1.94 bits per heavy atom. The summed E-state index contributed by atoms with van der Waals surface area (Å²) in [6, 6.07) is 4.74. The van der Waals surface area contributed by atoms with Crippen LogP contribution in [-0.4, -0.2) is 53.5 Å².